The summed E-state index contributed by atoms with van der Waals surface area (Å²) in [4.78, 5) is 38.1. The van der Waals surface area contributed by atoms with Gasteiger partial charge < -0.3 is 10.2 Å². The third-order valence-corrected chi connectivity index (χ3v) is 4.87. The number of carbonyl (C=O) groups excluding carboxylic acids is 2. The fourth-order valence-electron chi connectivity index (χ4n) is 3.03. The number of nitrogens with zero attached hydrogens (tertiary/aromatic N) is 5. The standard InChI is InChI=1S/C21H22F2N6O2/c1-29(2)21(31)16(7-20(22)23)28-15-5-13(9-26-17(15)8-24)18-11-25-14(10-27-18)6-19(30)12-3-4-12/h5,9-12,16,20,28H,3-4,6-7H2,1-2H3/t16-/m1/s1. The molecule has 1 amide bonds. The number of Topliss-reactive ketones (excluding diaryl/α,β-unsaturated/α-hetero) is 1. The normalized spacial score (nSPS) is 14.1. The Morgan fingerprint density at radius 1 is 1.23 bits per heavy atom. The average Bonchev–Trinajstić information content (AvgIpc) is 3.58. The Bertz CT molecular complexity index is 1000. The van der Waals surface area contributed by atoms with Crippen LogP contribution >= 0.6 is 0 Å². The summed E-state index contributed by atoms with van der Waals surface area (Å²) in [5, 5.41) is 12.1. The van der Waals surface area contributed by atoms with Gasteiger partial charge in [-0.25, -0.2) is 13.8 Å². The van der Waals surface area contributed by atoms with Crippen LogP contribution in [0.25, 0.3) is 11.3 Å². The number of hydrogen-bond acceptors (Lipinski definition) is 7. The van der Waals surface area contributed by atoms with E-state index in [1.54, 1.807) is 0 Å². The molecule has 3 rings (SSSR count). The molecule has 0 bridgehead atoms. The predicted molar refractivity (Wildman–Crippen MR) is 108 cm³/mol. The molecule has 1 saturated carbocycles. The maximum absolute atomic E-state index is 13.0. The molecule has 2 aromatic heterocycles. The highest BCUT2D eigenvalue weighted by Gasteiger charge is 2.29. The lowest BCUT2D eigenvalue weighted by Gasteiger charge is -2.23. The second kappa shape index (κ2) is 9.55. The van der Waals surface area contributed by atoms with Crippen LogP contribution in [0.5, 0.6) is 0 Å². The van der Waals surface area contributed by atoms with Crippen molar-refractivity contribution in [3.8, 4) is 17.3 Å². The van der Waals surface area contributed by atoms with Crippen LogP contribution < -0.4 is 5.32 Å². The van der Waals surface area contributed by atoms with Crippen molar-refractivity contribution in [2.24, 2.45) is 5.92 Å². The summed E-state index contributed by atoms with van der Waals surface area (Å²) in [6.45, 7) is 0. The molecule has 162 valence electrons. The average molecular weight is 428 g/mol. The van der Waals surface area contributed by atoms with Gasteiger partial charge in [-0.2, -0.15) is 5.26 Å². The molecule has 2 heterocycles. The summed E-state index contributed by atoms with van der Waals surface area (Å²) in [6.07, 6.45) is 3.09. The third-order valence-electron chi connectivity index (χ3n) is 4.87. The minimum absolute atomic E-state index is 0.0332. The predicted octanol–water partition coefficient (Wildman–Crippen LogP) is 2.46. The number of alkyl halides is 2. The highest BCUT2D eigenvalue weighted by molar-refractivity contribution is 5.85. The van der Waals surface area contributed by atoms with Gasteiger partial charge >= 0.3 is 0 Å². The van der Waals surface area contributed by atoms with Gasteiger partial charge in [-0.1, -0.05) is 0 Å². The van der Waals surface area contributed by atoms with Gasteiger partial charge in [0.1, 0.15) is 17.9 Å². The van der Waals surface area contributed by atoms with Gasteiger partial charge in [-0.3, -0.25) is 19.6 Å². The summed E-state index contributed by atoms with van der Waals surface area (Å²) >= 11 is 0. The number of rotatable bonds is 9. The van der Waals surface area contributed by atoms with E-state index in [9.17, 15) is 23.6 Å². The molecule has 8 nitrogen and oxygen atoms in total. The molecule has 0 unspecified atom stereocenters. The zero-order chi connectivity index (χ0) is 22.5. The van der Waals surface area contributed by atoms with Crippen LogP contribution in [0.4, 0.5) is 14.5 Å². The molecule has 1 fully saturated rings. The first kappa shape index (κ1) is 22.2. The number of carbonyl (C=O) groups is 2. The largest absolute Gasteiger partial charge is 0.371 e. The van der Waals surface area contributed by atoms with Crippen LogP contribution in [0, 0.1) is 17.2 Å². The Kier molecular flexibility index (Phi) is 6.84. The zero-order valence-electron chi connectivity index (χ0n) is 17.2. The van der Waals surface area contributed by atoms with Crippen molar-refractivity contribution in [1.29, 1.82) is 5.26 Å². The van der Waals surface area contributed by atoms with Crippen LogP contribution in [0.1, 0.15) is 30.7 Å². The SMILES string of the molecule is CN(C)C(=O)[C@@H](CC(F)F)Nc1cc(-c2cnc(CC(=O)C3CC3)cn2)cnc1C#N. The van der Waals surface area contributed by atoms with E-state index in [-0.39, 0.29) is 29.5 Å². The smallest absolute Gasteiger partial charge is 0.244 e. The van der Waals surface area contributed by atoms with Crippen LogP contribution in [-0.2, 0) is 16.0 Å². The van der Waals surface area contributed by atoms with Crippen molar-refractivity contribution in [2.45, 2.75) is 38.2 Å². The first-order valence-corrected chi connectivity index (χ1v) is 9.78. The van der Waals surface area contributed by atoms with Gasteiger partial charge in [0, 0.05) is 44.4 Å². The molecule has 1 aliphatic carbocycles. The molecule has 0 radical (unpaired) electrons. The highest BCUT2D eigenvalue weighted by atomic mass is 19.3. The molecule has 1 atom stereocenters. The van der Waals surface area contributed by atoms with Gasteiger partial charge in [-0.05, 0) is 18.9 Å². The van der Waals surface area contributed by atoms with Crippen LogP contribution in [-0.4, -0.2) is 58.1 Å². The van der Waals surface area contributed by atoms with Crippen molar-refractivity contribution in [2.75, 3.05) is 19.4 Å². The first-order valence-electron chi connectivity index (χ1n) is 9.78. The van der Waals surface area contributed by atoms with Crippen LogP contribution in [0.15, 0.2) is 24.7 Å². The van der Waals surface area contributed by atoms with Crippen molar-refractivity contribution in [3.05, 3.63) is 36.0 Å². The van der Waals surface area contributed by atoms with Crippen LogP contribution in [0.2, 0.25) is 0 Å². The van der Waals surface area contributed by atoms with Gasteiger partial charge in [0.05, 0.1) is 29.7 Å². The molecule has 1 aliphatic rings. The topological polar surface area (TPSA) is 112 Å². The Morgan fingerprint density at radius 2 is 1.97 bits per heavy atom. The quantitative estimate of drug-likeness (QED) is 0.653. The molecule has 0 saturated heterocycles. The number of likely N-dealkylation sites (N-methyl/N-ethyl adjacent to an activating group) is 1. The lowest BCUT2D eigenvalue weighted by Crippen LogP contribution is -2.40. The maximum atomic E-state index is 13.0. The second-order valence-corrected chi connectivity index (χ2v) is 7.60. The van der Waals surface area contributed by atoms with Gasteiger partial charge in [0.2, 0.25) is 12.3 Å². The summed E-state index contributed by atoms with van der Waals surface area (Å²) < 4.78 is 26.0. The van der Waals surface area contributed by atoms with Gasteiger partial charge in [-0.15, -0.1) is 0 Å². The molecule has 0 aliphatic heterocycles. The number of halogens is 2. The highest BCUT2D eigenvalue weighted by Crippen LogP contribution is 2.31. The molecule has 0 aromatic carbocycles. The van der Waals surface area contributed by atoms with E-state index in [1.807, 2.05) is 6.07 Å². The summed E-state index contributed by atoms with van der Waals surface area (Å²) in [5.74, 6) is -0.243. The summed E-state index contributed by atoms with van der Waals surface area (Å²) in [5.41, 5.74) is 1.60. The molecular formula is C21H22F2N6O2. The third kappa shape index (κ3) is 5.78. The molecule has 10 heteroatoms. The number of pyridine rings is 1. The molecular weight excluding hydrogens is 406 g/mol. The summed E-state index contributed by atoms with van der Waals surface area (Å²) in [6, 6.07) is 2.19. The summed E-state index contributed by atoms with van der Waals surface area (Å²) in [7, 11) is 2.93. The number of hydrogen-bond donors (Lipinski definition) is 1. The fraction of sp³-hybridized carbons (Fsp3) is 0.429. The molecule has 2 aromatic rings. The number of nitrogens with one attached hydrogen (secondary N) is 1. The first-order chi connectivity index (χ1) is 14.8. The van der Waals surface area contributed by atoms with Crippen molar-refractivity contribution < 1.29 is 18.4 Å². The van der Waals surface area contributed by atoms with E-state index in [2.05, 4.69) is 20.3 Å². The molecule has 1 N–H and O–H groups in total. The van der Waals surface area contributed by atoms with Crippen molar-refractivity contribution in [1.82, 2.24) is 19.9 Å². The Labute approximate surface area is 178 Å². The second-order valence-electron chi connectivity index (χ2n) is 7.60. The van der Waals surface area contributed by atoms with E-state index >= 15 is 0 Å². The zero-order valence-corrected chi connectivity index (χ0v) is 17.2. The minimum Gasteiger partial charge on any atom is -0.371 e. The lowest BCUT2D eigenvalue weighted by atomic mass is 10.1. The maximum Gasteiger partial charge on any atom is 0.244 e. The van der Waals surface area contributed by atoms with Gasteiger partial charge in [0.25, 0.3) is 0 Å². The number of amides is 1. The number of anilines is 1. The van der Waals surface area contributed by atoms with Crippen LogP contribution in [0.3, 0.4) is 0 Å². The van der Waals surface area contributed by atoms with E-state index in [4.69, 9.17) is 0 Å². The monoisotopic (exact) mass is 428 g/mol. The molecule has 0 spiro atoms. The van der Waals surface area contributed by atoms with E-state index in [0.29, 0.717) is 17.0 Å². The Balaban J connectivity index is 1.83. The van der Waals surface area contributed by atoms with Crippen molar-refractivity contribution in [3.63, 3.8) is 0 Å². The number of aromatic nitrogens is 3. The number of nitriles is 1. The van der Waals surface area contributed by atoms with E-state index < -0.39 is 24.8 Å². The van der Waals surface area contributed by atoms with Gasteiger partial charge in [0.15, 0.2) is 5.69 Å². The lowest BCUT2D eigenvalue weighted by molar-refractivity contribution is -0.130. The fourth-order valence-corrected chi connectivity index (χ4v) is 3.03. The Hall–Kier alpha value is -3.48. The van der Waals surface area contributed by atoms with Crippen molar-refractivity contribution >= 4 is 17.4 Å². The Morgan fingerprint density at radius 3 is 2.52 bits per heavy atom. The molecule has 31 heavy (non-hydrogen) atoms. The van der Waals surface area contributed by atoms with E-state index in [0.717, 1.165) is 12.8 Å². The number of ketones is 1. The van der Waals surface area contributed by atoms with E-state index in [1.165, 1.54) is 43.7 Å². The minimum atomic E-state index is -2.71.